The molecule has 0 fully saturated rings. The van der Waals surface area contributed by atoms with Crippen molar-refractivity contribution >= 4 is 11.8 Å². The molecule has 0 radical (unpaired) electrons. The van der Waals surface area contributed by atoms with E-state index in [0.717, 1.165) is 25.3 Å². The van der Waals surface area contributed by atoms with Gasteiger partial charge in [-0.25, -0.2) is 4.68 Å². The van der Waals surface area contributed by atoms with Crippen molar-refractivity contribution in [2.75, 3.05) is 12.0 Å². The van der Waals surface area contributed by atoms with Crippen LogP contribution in [0.1, 0.15) is 45.4 Å². The largest absolute Gasteiger partial charge is 0.308 e. The van der Waals surface area contributed by atoms with Crippen LogP contribution in [0.3, 0.4) is 0 Å². The van der Waals surface area contributed by atoms with Gasteiger partial charge in [0.25, 0.3) is 0 Å². The van der Waals surface area contributed by atoms with Gasteiger partial charge < -0.3 is 5.32 Å². The Morgan fingerprint density at radius 3 is 2.72 bits per heavy atom. The fourth-order valence-corrected chi connectivity index (χ4v) is 2.17. The number of hydrogen-bond acceptors (Lipinski definition) is 5. The maximum absolute atomic E-state index is 4.05. The molecule has 0 aromatic carbocycles. The zero-order valence-electron chi connectivity index (χ0n) is 11.7. The molecule has 104 valence electrons. The van der Waals surface area contributed by atoms with Gasteiger partial charge in [-0.05, 0) is 35.3 Å². The first-order valence-electron chi connectivity index (χ1n) is 6.71. The van der Waals surface area contributed by atoms with E-state index in [4.69, 9.17) is 0 Å². The van der Waals surface area contributed by atoms with Crippen molar-refractivity contribution in [1.82, 2.24) is 25.5 Å². The molecule has 0 aliphatic rings. The van der Waals surface area contributed by atoms with Gasteiger partial charge in [0, 0.05) is 12.6 Å². The number of tetrazole rings is 1. The zero-order valence-corrected chi connectivity index (χ0v) is 12.5. The van der Waals surface area contributed by atoms with Crippen molar-refractivity contribution in [3.8, 4) is 0 Å². The Bertz CT molecular complexity index is 313. The van der Waals surface area contributed by atoms with Gasteiger partial charge in [0.05, 0.1) is 6.54 Å². The van der Waals surface area contributed by atoms with E-state index in [1.165, 1.54) is 25.0 Å². The molecule has 0 spiro atoms. The molecule has 5 nitrogen and oxygen atoms in total. The minimum absolute atomic E-state index is 0.460. The minimum Gasteiger partial charge on any atom is -0.308 e. The van der Waals surface area contributed by atoms with E-state index in [-0.39, 0.29) is 0 Å². The van der Waals surface area contributed by atoms with E-state index < -0.39 is 0 Å². The number of unbranched alkanes of at least 4 members (excludes halogenated alkanes) is 3. The Labute approximate surface area is 114 Å². The van der Waals surface area contributed by atoms with E-state index in [2.05, 4.69) is 40.9 Å². The van der Waals surface area contributed by atoms with Crippen LogP contribution in [0.2, 0.25) is 0 Å². The standard InChI is InChI=1S/C12H25N5S/c1-11(2)13-10-12-14-15-16-17(12)8-6-4-5-7-9-18-3/h11,13H,4-10H2,1-3H3. The highest BCUT2D eigenvalue weighted by Gasteiger charge is 2.05. The molecule has 0 aliphatic carbocycles. The molecule has 0 amide bonds. The monoisotopic (exact) mass is 271 g/mol. The number of nitrogens with one attached hydrogen (secondary N) is 1. The number of nitrogens with zero attached hydrogens (tertiary/aromatic N) is 4. The van der Waals surface area contributed by atoms with Crippen LogP contribution in [-0.4, -0.2) is 38.3 Å². The summed E-state index contributed by atoms with van der Waals surface area (Å²) >= 11 is 1.92. The fourth-order valence-electron chi connectivity index (χ4n) is 1.68. The lowest BCUT2D eigenvalue weighted by Crippen LogP contribution is -2.24. The maximum Gasteiger partial charge on any atom is 0.165 e. The first-order chi connectivity index (χ1) is 8.74. The number of aromatic nitrogens is 4. The van der Waals surface area contributed by atoms with E-state index >= 15 is 0 Å². The van der Waals surface area contributed by atoms with Crippen LogP contribution >= 0.6 is 11.8 Å². The number of aryl methyl sites for hydroxylation is 1. The van der Waals surface area contributed by atoms with Crippen LogP contribution in [-0.2, 0) is 13.1 Å². The van der Waals surface area contributed by atoms with Crippen molar-refractivity contribution in [3.05, 3.63) is 5.82 Å². The first kappa shape index (κ1) is 15.4. The molecule has 0 atom stereocenters. The first-order valence-corrected chi connectivity index (χ1v) is 8.10. The van der Waals surface area contributed by atoms with Crippen LogP contribution in [0, 0.1) is 0 Å². The van der Waals surface area contributed by atoms with Crippen molar-refractivity contribution in [2.24, 2.45) is 0 Å². The Hall–Kier alpha value is -0.620. The summed E-state index contributed by atoms with van der Waals surface area (Å²) < 4.78 is 1.92. The molecule has 1 aromatic heterocycles. The van der Waals surface area contributed by atoms with Crippen LogP contribution < -0.4 is 5.32 Å². The lowest BCUT2D eigenvalue weighted by molar-refractivity contribution is 0.489. The minimum atomic E-state index is 0.460. The molecule has 0 bridgehead atoms. The highest BCUT2D eigenvalue weighted by Crippen LogP contribution is 2.06. The van der Waals surface area contributed by atoms with Crippen LogP contribution in [0.5, 0.6) is 0 Å². The Morgan fingerprint density at radius 1 is 1.22 bits per heavy atom. The fraction of sp³-hybridized carbons (Fsp3) is 0.917. The Morgan fingerprint density at radius 2 is 2.00 bits per heavy atom. The van der Waals surface area contributed by atoms with Crippen molar-refractivity contribution in [1.29, 1.82) is 0 Å². The van der Waals surface area contributed by atoms with Crippen molar-refractivity contribution < 1.29 is 0 Å². The molecule has 1 rings (SSSR count). The summed E-state index contributed by atoms with van der Waals surface area (Å²) in [5, 5.41) is 15.2. The molecule has 0 aliphatic heterocycles. The smallest absolute Gasteiger partial charge is 0.165 e. The zero-order chi connectivity index (χ0) is 13.2. The molecule has 1 N–H and O–H groups in total. The summed E-state index contributed by atoms with van der Waals surface area (Å²) in [6, 6.07) is 0.460. The molecule has 1 heterocycles. The highest BCUT2D eigenvalue weighted by molar-refractivity contribution is 7.98. The Balaban J connectivity index is 2.19. The van der Waals surface area contributed by atoms with E-state index in [0.29, 0.717) is 6.04 Å². The molecule has 0 saturated carbocycles. The van der Waals surface area contributed by atoms with Crippen LogP contribution in [0.25, 0.3) is 0 Å². The molecule has 18 heavy (non-hydrogen) atoms. The third-order valence-corrected chi connectivity index (χ3v) is 3.44. The van der Waals surface area contributed by atoms with Gasteiger partial charge in [0.15, 0.2) is 5.82 Å². The normalized spacial score (nSPS) is 11.3. The maximum atomic E-state index is 4.05. The number of thioether (sulfide) groups is 1. The quantitative estimate of drug-likeness (QED) is 0.660. The van der Waals surface area contributed by atoms with E-state index in [1.807, 2.05) is 16.4 Å². The number of rotatable bonds is 10. The molecular weight excluding hydrogens is 246 g/mol. The second-order valence-electron chi connectivity index (χ2n) is 4.76. The average Bonchev–Trinajstić information content (AvgIpc) is 2.78. The van der Waals surface area contributed by atoms with Gasteiger partial charge in [-0.3, -0.25) is 0 Å². The molecule has 0 unspecified atom stereocenters. The SMILES string of the molecule is CSCCCCCCn1nnnc1CNC(C)C. The lowest BCUT2D eigenvalue weighted by atomic mass is 10.2. The predicted octanol–water partition coefficient (Wildman–Crippen LogP) is 2.09. The molecule has 6 heteroatoms. The second kappa shape index (κ2) is 9.33. The summed E-state index contributed by atoms with van der Waals surface area (Å²) in [5.41, 5.74) is 0. The van der Waals surface area contributed by atoms with E-state index in [9.17, 15) is 0 Å². The van der Waals surface area contributed by atoms with Gasteiger partial charge in [-0.2, -0.15) is 11.8 Å². The van der Waals surface area contributed by atoms with Gasteiger partial charge in [0.1, 0.15) is 0 Å². The molecule has 1 aromatic rings. The molecular formula is C12H25N5S. The van der Waals surface area contributed by atoms with Crippen LogP contribution in [0.15, 0.2) is 0 Å². The number of hydrogen-bond donors (Lipinski definition) is 1. The second-order valence-corrected chi connectivity index (χ2v) is 5.75. The average molecular weight is 271 g/mol. The summed E-state index contributed by atoms with van der Waals surface area (Å²) in [7, 11) is 0. The summed E-state index contributed by atoms with van der Waals surface area (Å²) in [6.07, 6.45) is 7.21. The topological polar surface area (TPSA) is 55.6 Å². The lowest BCUT2D eigenvalue weighted by Gasteiger charge is -2.08. The van der Waals surface area contributed by atoms with Crippen molar-refractivity contribution in [3.63, 3.8) is 0 Å². The molecule has 0 saturated heterocycles. The van der Waals surface area contributed by atoms with E-state index in [1.54, 1.807) is 0 Å². The van der Waals surface area contributed by atoms with Gasteiger partial charge in [-0.15, -0.1) is 5.10 Å². The third kappa shape index (κ3) is 6.35. The van der Waals surface area contributed by atoms with Gasteiger partial charge in [0.2, 0.25) is 0 Å². The predicted molar refractivity (Wildman–Crippen MR) is 76.6 cm³/mol. The van der Waals surface area contributed by atoms with Gasteiger partial charge in [-0.1, -0.05) is 26.7 Å². The third-order valence-electron chi connectivity index (χ3n) is 2.74. The Kier molecular flexibility index (Phi) is 8.00. The van der Waals surface area contributed by atoms with Gasteiger partial charge >= 0.3 is 0 Å². The summed E-state index contributed by atoms with van der Waals surface area (Å²) in [4.78, 5) is 0. The highest BCUT2D eigenvalue weighted by atomic mass is 32.2. The summed E-state index contributed by atoms with van der Waals surface area (Å²) in [6.45, 7) is 5.93. The van der Waals surface area contributed by atoms with Crippen molar-refractivity contribution in [2.45, 2.75) is 58.7 Å². The summed E-state index contributed by atoms with van der Waals surface area (Å²) in [5.74, 6) is 2.21. The van der Waals surface area contributed by atoms with Crippen LogP contribution in [0.4, 0.5) is 0 Å².